The highest BCUT2D eigenvalue weighted by atomic mass is 16.5. The van der Waals surface area contributed by atoms with Gasteiger partial charge in [0.15, 0.2) is 5.75 Å². The first-order chi connectivity index (χ1) is 11.2. The fourth-order valence-corrected chi connectivity index (χ4v) is 2.57. The maximum atomic E-state index is 5.35. The number of aryl methyl sites for hydroxylation is 2. The third-order valence-electron chi connectivity index (χ3n) is 3.84. The molecular formula is C17H19N4O2+. The van der Waals surface area contributed by atoms with Gasteiger partial charge < -0.3 is 9.47 Å². The number of rotatable bonds is 4. The molecule has 0 saturated heterocycles. The van der Waals surface area contributed by atoms with Crippen molar-refractivity contribution in [3.63, 3.8) is 0 Å². The number of ether oxygens (including phenoxy) is 2. The fourth-order valence-electron chi connectivity index (χ4n) is 2.57. The van der Waals surface area contributed by atoms with Gasteiger partial charge in [-0.1, -0.05) is 17.2 Å². The number of nitrogens with zero attached hydrogens (tertiary/aromatic N) is 4. The molecule has 0 spiro atoms. The summed E-state index contributed by atoms with van der Waals surface area (Å²) < 4.78 is 14.6. The van der Waals surface area contributed by atoms with Gasteiger partial charge in [-0.25, -0.2) is 9.13 Å². The summed E-state index contributed by atoms with van der Waals surface area (Å²) in [5, 5.41) is 8.75. The second-order valence-corrected chi connectivity index (χ2v) is 5.14. The first-order valence-corrected chi connectivity index (χ1v) is 7.23. The van der Waals surface area contributed by atoms with Crippen LogP contribution in [0.5, 0.6) is 11.5 Å². The van der Waals surface area contributed by atoms with Gasteiger partial charge in [0.1, 0.15) is 22.5 Å². The van der Waals surface area contributed by atoms with Gasteiger partial charge in [-0.05, 0) is 24.3 Å². The Morgan fingerprint density at radius 1 is 1.00 bits per heavy atom. The van der Waals surface area contributed by atoms with E-state index in [0.29, 0.717) is 11.4 Å². The van der Waals surface area contributed by atoms with Crippen molar-refractivity contribution in [3.8, 4) is 11.5 Å². The lowest BCUT2D eigenvalue weighted by Crippen LogP contribution is -2.26. The maximum absolute atomic E-state index is 5.35. The molecule has 0 aliphatic carbocycles. The summed E-state index contributed by atoms with van der Waals surface area (Å²) >= 11 is 0. The van der Waals surface area contributed by atoms with E-state index in [4.69, 9.17) is 9.47 Å². The summed E-state index contributed by atoms with van der Waals surface area (Å²) in [6.45, 7) is 0. The van der Waals surface area contributed by atoms with E-state index in [1.165, 1.54) is 0 Å². The topological polar surface area (TPSA) is 52.0 Å². The first kappa shape index (κ1) is 15.0. The van der Waals surface area contributed by atoms with Crippen LogP contribution in [0.3, 0.4) is 0 Å². The number of benzene rings is 2. The molecule has 0 atom stereocenters. The molecule has 2 aromatic carbocycles. The number of methoxy groups -OCH3 is 2. The van der Waals surface area contributed by atoms with E-state index < -0.39 is 0 Å². The lowest BCUT2D eigenvalue weighted by atomic mass is 10.3. The van der Waals surface area contributed by atoms with Gasteiger partial charge >= 0.3 is 5.95 Å². The van der Waals surface area contributed by atoms with Crippen molar-refractivity contribution in [2.75, 3.05) is 14.2 Å². The average molecular weight is 311 g/mol. The second-order valence-electron chi connectivity index (χ2n) is 5.14. The number of aromatic nitrogens is 2. The maximum Gasteiger partial charge on any atom is 0.422 e. The molecule has 118 valence electrons. The molecule has 0 fully saturated rings. The first-order valence-electron chi connectivity index (χ1n) is 7.23. The zero-order valence-electron chi connectivity index (χ0n) is 13.6. The largest absolute Gasteiger partial charge is 0.497 e. The minimum atomic E-state index is 0.620. The third-order valence-corrected chi connectivity index (χ3v) is 3.84. The van der Waals surface area contributed by atoms with Crippen LogP contribution in [0.25, 0.3) is 11.0 Å². The van der Waals surface area contributed by atoms with Crippen LogP contribution in [0.4, 0.5) is 11.6 Å². The molecule has 0 saturated carbocycles. The van der Waals surface area contributed by atoms with Crippen molar-refractivity contribution in [3.05, 3.63) is 42.5 Å². The summed E-state index contributed by atoms with van der Waals surface area (Å²) in [4.78, 5) is 0. The number of imidazole rings is 1. The lowest BCUT2D eigenvalue weighted by Gasteiger charge is -2.04. The van der Waals surface area contributed by atoms with Crippen molar-refractivity contribution in [1.29, 1.82) is 0 Å². The molecule has 3 aromatic rings. The van der Waals surface area contributed by atoms with Crippen molar-refractivity contribution in [2.24, 2.45) is 24.3 Å². The zero-order chi connectivity index (χ0) is 16.4. The van der Waals surface area contributed by atoms with Crippen LogP contribution in [-0.4, -0.2) is 18.8 Å². The predicted molar refractivity (Wildman–Crippen MR) is 87.8 cm³/mol. The Kier molecular flexibility index (Phi) is 3.97. The molecule has 0 N–H and O–H groups in total. The van der Waals surface area contributed by atoms with Gasteiger partial charge in [0.2, 0.25) is 0 Å². The van der Waals surface area contributed by atoms with E-state index in [9.17, 15) is 0 Å². The molecule has 6 heteroatoms. The van der Waals surface area contributed by atoms with Crippen molar-refractivity contribution < 1.29 is 14.0 Å². The van der Waals surface area contributed by atoms with Crippen LogP contribution in [0, 0.1) is 0 Å². The van der Waals surface area contributed by atoms with E-state index in [0.717, 1.165) is 22.7 Å². The molecule has 6 nitrogen and oxygen atoms in total. The molecule has 1 aromatic heterocycles. The van der Waals surface area contributed by atoms with Crippen LogP contribution in [0.1, 0.15) is 0 Å². The number of fused-ring (bicyclic) bond motifs is 1. The smallest absolute Gasteiger partial charge is 0.422 e. The number of azo groups is 1. The van der Waals surface area contributed by atoms with Crippen LogP contribution in [-0.2, 0) is 14.1 Å². The summed E-state index contributed by atoms with van der Waals surface area (Å²) in [6.07, 6.45) is 0. The summed E-state index contributed by atoms with van der Waals surface area (Å²) in [5.41, 5.74) is 2.86. The Balaban J connectivity index is 2.04. The molecule has 3 rings (SSSR count). The van der Waals surface area contributed by atoms with E-state index in [1.54, 1.807) is 20.3 Å². The van der Waals surface area contributed by atoms with Gasteiger partial charge in [-0.2, -0.15) is 0 Å². The van der Waals surface area contributed by atoms with E-state index in [2.05, 4.69) is 22.4 Å². The Hall–Kier alpha value is -2.89. The number of hydrogen-bond donors (Lipinski definition) is 0. The minimum absolute atomic E-state index is 0.620. The second kappa shape index (κ2) is 6.08. The molecular weight excluding hydrogens is 292 g/mol. The molecule has 0 bridgehead atoms. The highest BCUT2D eigenvalue weighted by molar-refractivity contribution is 5.73. The average Bonchev–Trinajstić information content (AvgIpc) is 2.84. The van der Waals surface area contributed by atoms with E-state index >= 15 is 0 Å². The van der Waals surface area contributed by atoms with E-state index in [-0.39, 0.29) is 0 Å². The predicted octanol–water partition coefficient (Wildman–Crippen LogP) is 3.44. The standard InChI is InChI=1S/C17H19N4O2/c1-20-14-7-5-6-8-15(14)21(2)17(20)19-18-13-10-9-12(22-3)11-16(13)23-4/h5-11H,1-4H3/q+1. The highest BCUT2D eigenvalue weighted by Crippen LogP contribution is 2.32. The zero-order valence-corrected chi connectivity index (χ0v) is 13.6. The van der Waals surface area contributed by atoms with Gasteiger partial charge in [0, 0.05) is 11.2 Å². The molecule has 1 heterocycles. The van der Waals surface area contributed by atoms with E-state index in [1.807, 2.05) is 47.5 Å². The molecule has 0 aliphatic heterocycles. The monoisotopic (exact) mass is 311 g/mol. The van der Waals surface area contributed by atoms with Gasteiger partial charge in [0.05, 0.1) is 28.3 Å². The highest BCUT2D eigenvalue weighted by Gasteiger charge is 2.19. The minimum Gasteiger partial charge on any atom is -0.497 e. The molecule has 0 unspecified atom stereocenters. The van der Waals surface area contributed by atoms with Gasteiger partial charge in [-0.15, -0.1) is 0 Å². The summed E-state index contributed by atoms with van der Waals surface area (Å²) in [7, 11) is 7.17. The summed E-state index contributed by atoms with van der Waals surface area (Å²) in [5.74, 6) is 2.09. The normalized spacial score (nSPS) is 11.3. The Bertz CT molecular complexity index is 845. The molecule has 23 heavy (non-hydrogen) atoms. The quantitative estimate of drug-likeness (QED) is 0.547. The molecule has 0 radical (unpaired) electrons. The number of hydrogen-bond acceptors (Lipinski definition) is 4. The SMILES string of the molecule is COc1ccc(N=Nc2n(C)c3ccccc3[n+]2C)c(OC)c1. The van der Waals surface area contributed by atoms with Gasteiger partial charge in [0.25, 0.3) is 0 Å². The van der Waals surface area contributed by atoms with Crippen molar-refractivity contribution >= 4 is 22.7 Å². The van der Waals surface area contributed by atoms with Gasteiger partial charge in [-0.3, -0.25) is 0 Å². The van der Waals surface area contributed by atoms with Crippen molar-refractivity contribution in [2.45, 2.75) is 0 Å². The van der Waals surface area contributed by atoms with Crippen LogP contribution in [0.15, 0.2) is 52.7 Å². The molecule has 0 amide bonds. The fraction of sp³-hybridized carbons (Fsp3) is 0.235. The lowest BCUT2D eigenvalue weighted by molar-refractivity contribution is -0.632. The Morgan fingerprint density at radius 3 is 2.48 bits per heavy atom. The molecule has 0 aliphatic rings. The van der Waals surface area contributed by atoms with Crippen LogP contribution in [0.2, 0.25) is 0 Å². The Morgan fingerprint density at radius 2 is 1.78 bits per heavy atom. The van der Waals surface area contributed by atoms with Crippen LogP contribution >= 0.6 is 0 Å². The number of para-hydroxylation sites is 2. The third kappa shape index (κ3) is 2.63. The Labute approximate surface area is 134 Å². The van der Waals surface area contributed by atoms with Crippen LogP contribution < -0.4 is 14.0 Å². The van der Waals surface area contributed by atoms with Crippen molar-refractivity contribution in [1.82, 2.24) is 4.57 Å². The summed E-state index contributed by atoms with van der Waals surface area (Å²) in [6, 6.07) is 13.6.